The van der Waals surface area contributed by atoms with E-state index in [4.69, 9.17) is 4.98 Å². The Morgan fingerprint density at radius 1 is 0.444 bits per heavy atom. The molecule has 8 aromatic carbocycles. The maximum atomic E-state index is 9.83. The van der Waals surface area contributed by atoms with E-state index in [-0.39, 0.29) is 0 Å². The fraction of sp³-hybridized carbons (Fsp3) is 0. The Labute approximate surface area is 310 Å². The monoisotopic (exact) mass is 687 g/mol. The first-order chi connectivity index (χ1) is 26.7. The number of benzene rings is 8. The van der Waals surface area contributed by atoms with Crippen molar-refractivity contribution < 1.29 is 0 Å². The van der Waals surface area contributed by atoms with Gasteiger partial charge in [-0.2, -0.15) is 5.26 Å². The molecule has 5 nitrogen and oxygen atoms in total. The Kier molecular flexibility index (Phi) is 6.55. The molecule has 0 unspecified atom stereocenters. The largest absolute Gasteiger partial charge is 0.309 e. The average Bonchev–Trinajstić information content (AvgIpc) is 3.76. The third-order valence-corrected chi connectivity index (χ3v) is 10.8. The number of rotatable bonds is 4. The van der Waals surface area contributed by atoms with Crippen LogP contribution in [0.1, 0.15) is 5.69 Å². The molecule has 0 aliphatic carbocycles. The van der Waals surface area contributed by atoms with Gasteiger partial charge in [-0.1, -0.05) is 109 Å². The van der Waals surface area contributed by atoms with Gasteiger partial charge in [0.1, 0.15) is 6.07 Å². The van der Waals surface area contributed by atoms with Crippen LogP contribution in [0.4, 0.5) is 0 Å². The van der Waals surface area contributed by atoms with Crippen LogP contribution in [0.15, 0.2) is 176 Å². The number of hydrogen-bond donors (Lipinski definition) is 0. The van der Waals surface area contributed by atoms with Crippen molar-refractivity contribution in [3.8, 4) is 40.0 Å². The SMILES string of the molecule is N#Cc1nc(-c2ccc(-n3c4ccccc4c4c(-c5ccc6c7ccc8ccccc8c7n(-c7ccccc7)c6c5)cccc43)cc2)nc2ccccc12. The van der Waals surface area contributed by atoms with Gasteiger partial charge < -0.3 is 9.13 Å². The molecule has 0 aliphatic heterocycles. The average molecular weight is 688 g/mol. The number of hydrogen-bond acceptors (Lipinski definition) is 3. The summed E-state index contributed by atoms with van der Waals surface area (Å²) in [6, 6.07) is 64.3. The van der Waals surface area contributed by atoms with Crippen molar-refractivity contribution in [2.45, 2.75) is 0 Å². The molecule has 54 heavy (non-hydrogen) atoms. The number of fused-ring (bicyclic) bond motifs is 9. The van der Waals surface area contributed by atoms with Gasteiger partial charge >= 0.3 is 0 Å². The lowest BCUT2D eigenvalue weighted by Gasteiger charge is -2.11. The second-order valence-corrected chi connectivity index (χ2v) is 13.7. The lowest BCUT2D eigenvalue weighted by Crippen LogP contribution is -1.97. The van der Waals surface area contributed by atoms with Crippen molar-refractivity contribution in [1.29, 1.82) is 5.26 Å². The predicted molar refractivity (Wildman–Crippen MR) is 221 cm³/mol. The molecule has 0 fully saturated rings. The van der Waals surface area contributed by atoms with Crippen LogP contribution in [0.25, 0.3) is 99.2 Å². The Balaban J connectivity index is 1.11. The fourth-order valence-corrected chi connectivity index (χ4v) is 8.38. The molecule has 0 saturated heterocycles. The molecule has 0 amide bonds. The van der Waals surface area contributed by atoms with Gasteiger partial charge in [0, 0.05) is 49.3 Å². The second kappa shape index (κ2) is 11.7. The van der Waals surface area contributed by atoms with Crippen molar-refractivity contribution in [2.75, 3.05) is 0 Å². The minimum Gasteiger partial charge on any atom is -0.309 e. The Hall–Kier alpha value is -7.55. The van der Waals surface area contributed by atoms with Crippen molar-refractivity contribution >= 4 is 65.3 Å². The van der Waals surface area contributed by atoms with Gasteiger partial charge in [-0.25, -0.2) is 9.97 Å². The highest BCUT2D eigenvalue weighted by Crippen LogP contribution is 2.42. The van der Waals surface area contributed by atoms with Gasteiger partial charge in [-0.3, -0.25) is 0 Å². The molecule has 0 radical (unpaired) electrons. The van der Waals surface area contributed by atoms with E-state index in [2.05, 4.69) is 160 Å². The Morgan fingerprint density at radius 2 is 1.13 bits per heavy atom. The maximum Gasteiger partial charge on any atom is 0.161 e. The molecule has 0 aliphatic rings. The van der Waals surface area contributed by atoms with Crippen LogP contribution in [0.2, 0.25) is 0 Å². The summed E-state index contributed by atoms with van der Waals surface area (Å²) in [5, 5.41) is 17.9. The summed E-state index contributed by atoms with van der Waals surface area (Å²) < 4.78 is 4.77. The quantitative estimate of drug-likeness (QED) is 0.185. The van der Waals surface area contributed by atoms with Crippen LogP contribution < -0.4 is 0 Å². The molecule has 0 bridgehead atoms. The Bertz CT molecular complexity index is 3330. The lowest BCUT2D eigenvalue weighted by molar-refractivity contribution is 1.17. The summed E-state index contributed by atoms with van der Waals surface area (Å²) in [7, 11) is 0. The van der Waals surface area contributed by atoms with Crippen LogP contribution in [0.3, 0.4) is 0 Å². The summed E-state index contributed by atoms with van der Waals surface area (Å²) in [4.78, 5) is 9.42. The molecule has 11 aromatic rings. The molecule has 0 atom stereocenters. The fourth-order valence-electron chi connectivity index (χ4n) is 8.38. The number of nitriles is 1. The van der Waals surface area contributed by atoms with Gasteiger partial charge in [-0.15, -0.1) is 0 Å². The van der Waals surface area contributed by atoms with E-state index in [1.807, 2.05) is 36.4 Å². The van der Waals surface area contributed by atoms with E-state index in [1.54, 1.807) is 0 Å². The molecular weight excluding hydrogens is 659 g/mol. The van der Waals surface area contributed by atoms with Crippen LogP contribution in [-0.4, -0.2) is 19.1 Å². The van der Waals surface area contributed by atoms with Gasteiger partial charge in [0.15, 0.2) is 11.5 Å². The zero-order valence-electron chi connectivity index (χ0n) is 29.0. The summed E-state index contributed by atoms with van der Waals surface area (Å²) in [6.07, 6.45) is 0. The first-order valence-corrected chi connectivity index (χ1v) is 18.1. The summed E-state index contributed by atoms with van der Waals surface area (Å²) in [5.41, 5.74) is 11.2. The van der Waals surface area contributed by atoms with Crippen LogP contribution in [0, 0.1) is 11.3 Å². The lowest BCUT2D eigenvalue weighted by atomic mass is 9.98. The summed E-state index contributed by atoms with van der Waals surface area (Å²) >= 11 is 0. The van der Waals surface area contributed by atoms with E-state index >= 15 is 0 Å². The van der Waals surface area contributed by atoms with Gasteiger partial charge in [0.05, 0.1) is 27.6 Å². The number of nitrogens with zero attached hydrogens (tertiary/aromatic N) is 5. The molecule has 3 aromatic heterocycles. The summed E-state index contributed by atoms with van der Waals surface area (Å²) in [6.45, 7) is 0. The van der Waals surface area contributed by atoms with Gasteiger partial charge in [0.25, 0.3) is 0 Å². The van der Waals surface area contributed by atoms with E-state index in [0.29, 0.717) is 11.5 Å². The molecule has 11 rings (SSSR count). The third-order valence-electron chi connectivity index (χ3n) is 10.8. The predicted octanol–water partition coefficient (Wildman–Crippen LogP) is 12.2. The zero-order chi connectivity index (χ0) is 35.8. The van der Waals surface area contributed by atoms with E-state index in [1.165, 1.54) is 48.9 Å². The number of aromatic nitrogens is 4. The normalized spacial score (nSPS) is 11.7. The topological polar surface area (TPSA) is 59.4 Å². The van der Waals surface area contributed by atoms with Crippen molar-refractivity contribution in [2.24, 2.45) is 0 Å². The molecule has 5 heteroatoms. The third kappa shape index (κ3) is 4.44. The first-order valence-electron chi connectivity index (χ1n) is 18.1. The number of para-hydroxylation sites is 3. The highest BCUT2D eigenvalue weighted by atomic mass is 15.0. The Morgan fingerprint density at radius 3 is 1.98 bits per heavy atom. The zero-order valence-corrected chi connectivity index (χ0v) is 29.0. The van der Waals surface area contributed by atoms with Crippen LogP contribution in [-0.2, 0) is 0 Å². The molecule has 250 valence electrons. The van der Waals surface area contributed by atoms with Crippen molar-refractivity contribution in [3.05, 3.63) is 182 Å². The highest BCUT2D eigenvalue weighted by molar-refractivity contribution is 6.20. The van der Waals surface area contributed by atoms with Gasteiger partial charge in [0.2, 0.25) is 0 Å². The highest BCUT2D eigenvalue weighted by Gasteiger charge is 2.19. The van der Waals surface area contributed by atoms with Gasteiger partial charge in [-0.05, 0) is 83.2 Å². The van der Waals surface area contributed by atoms with E-state index < -0.39 is 0 Å². The van der Waals surface area contributed by atoms with Crippen LogP contribution in [0.5, 0.6) is 0 Å². The molecule has 0 spiro atoms. The standard InChI is InChI=1S/C49H29N5/c50-30-43-40-15-6-8-18-42(40)51-49(52-43)32-21-25-35(26-22-32)53-44-19-9-7-16-41(44)47-36(17-10-20-45(47)53)33-24-27-38-39-28-23-31-11-4-5-14-37(31)48(39)54(46(38)29-33)34-12-2-1-3-13-34/h1-29H. The summed E-state index contributed by atoms with van der Waals surface area (Å²) in [5.74, 6) is 0.539. The minimum absolute atomic E-state index is 0.380. The first kappa shape index (κ1) is 30.1. The molecular formula is C49H29N5. The molecule has 3 heterocycles. The molecule has 0 N–H and O–H groups in total. The molecule has 0 saturated carbocycles. The minimum atomic E-state index is 0.380. The van der Waals surface area contributed by atoms with E-state index in [0.717, 1.165) is 44.4 Å². The second-order valence-electron chi connectivity index (χ2n) is 13.7. The maximum absolute atomic E-state index is 9.83. The van der Waals surface area contributed by atoms with Crippen molar-refractivity contribution in [1.82, 2.24) is 19.1 Å². The van der Waals surface area contributed by atoms with Crippen molar-refractivity contribution in [3.63, 3.8) is 0 Å². The smallest absolute Gasteiger partial charge is 0.161 e. The van der Waals surface area contributed by atoms with Crippen LogP contribution >= 0.6 is 0 Å². The van der Waals surface area contributed by atoms with E-state index in [9.17, 15) is 5.26 Å².